The summed E-state index contributed by atoms with van der Waals surface area (Å²) in [5, 5.41) is 0. The largest absolute Gasteiger partial charge is 0.488 e. The maximum atomic E-state index is 6.07. The first-order valence-electron chi connectivity index (χ1n) is 8.88. The van der Waals surface area contributed by atoms with Crippen LogP contribution in [0.3, 0.4) is 0 Å². The van der Waals surface area contributed by atoms with Crippen molar-refractivity contribution in [2.45, 2.75) is 20.5 Å². The van der Waals surface area contributed by atoms with Gasteiger partial charge in [0, 0.05) is 6.54 Å². The summed E-state index contributed by atoms with van der Waals surface area (Å²) in [5.41, 5.74) is 11.5. The monoisotopic (exact) mass is 347 g/mol. The third-order valence-corrected chi connectivity index (χ3v) is 4.40. The van der Waals surface area contributed by atoms with Crippen molar-refractivity contribution in [2.24, 2.45) is 5.73 Å². The molecule has 134 valence electrons. The topological polar surface area (TPSA) is 44.5 Å². The molecular weight excluding hydrogens is 322 g/mol. The lowest BCUT2D eigenvalue weighted by atomic mass is 10.0. The highest BCUT2D eigenvalue weighted by atomic mass is 16.5. The van der Waals surface area contributed by atoms with Gasteiger partial charge in [0.25, 0.3) is 0 Å². The number of aryl methyl sites for hydroxylation is 2. The van der Waals surface area contributed by atoms with Gasteiger partial charge in [-0.1, -0.05) is 54.6 Å². The Morgan fingerprint density at radius 3 is 2.19 bits per heavy atom. The molecule has 0 radical (unpaired) electrons. The number of rotatable bonds is 7. The molecule has 3 rings (SSSR count). The lowest BCUT2D eigenvalue weighted by Crippen LogP contribution is -2.11. The van der Waals surface area contributed by atoms with Gasteiger partial charge in [0.15, 0.2) is 11.5 Å². The molecule has 3 nitrogen and oxygen atoms in total. The molecule has 26 heavy (non-hydrogen) atoms. The lowest BCUT2D eigenvalue weighted by Gasteiger charge is -2.15. The van der Waals surface area contributed by atoms with Gasteiger partial charge in [0.1, 0.15) is 13.2 Å². The number of hydrogen-bond donors (Lipinski definition) is 1. The summed E-state index contributed by atoms with van der Waals surface area (Å²) >= 11 is 0. The summed E-state index contributed by atoms with van der Waals surface area (Å²) in [6.45, 7) is 5.68. The van der Waals surface area contributed by atoms with E-state index in [0.29, 0.717) is 19.8 Å². The van der Waals surface area contributed by atoms with Crippen molar-refractivity contribution in [3.63, 3.8) is 0 Å². The van der Waals surface area contributed by atoms with Crippen molar-refractivity contribution >= 4 is 0 Å². The summed E-state index contributed by atoms with van der Waals surface area (Å²) < 4.78 is 11.8. The molecular formula is C23H25NO2. The van der Waals surface area contributed by atoms with Crippen molar-refractivity contribution in [1.29, 1.82) is 0 Å². The molecule has 0 aliphatic carbocycles. The van der Waals surface area contributed by atoms with E-state index < -0.39 is 0 Å². The van der Waals surface area contributed by atoms with Crippen LogP contribution in [0.2, 0.25) is 0 Å². The second-order valence-electron chi connectivity index (χ2n) is 6.37. The molecule has 0 heterocycles. The Morgan fingerprint density at radius 2 is 1.46 bits per heavy atom. The highest BCUT2D eigenvalue weighted by Gasteiger charge is 2.09. The van der Waals surface area contributed by atoms with E-state index in [0.717, 1.165) is 22.6 Å². The van der Waals surface area contributed by atoms with Crippen molar-refractivity contribution in [3.05, 3.63) is 83.4 Å². The van der Waals surface area contributed by atoms with Crippen molar-refractivity contribution in [3.8, 4) is 22.6 Å². The van der Waals surface area contributed by atoms with Crippen LogP contribution in [0.25, 0.3) is 11.1 Å². The molecule has 0 amide bonds. The molecule has 3 heteroatoms. The van der Waals surface area contributed by atoms with Crippen LogP contribution in [0.1, 0.15) is 16.7 Å². The Labute approximate surface area is 155 Å². The summed E-state index contributed by atoms with van der Waals surface area (Å²) in [6.07, 6.45) is 0. The normalized spacial score (nSPS) is 10.6. The van der Waals surface area contributed by atoms with E-state index in [1.807, 2.05) is 42.5 Å². The van der Waals surface area contributed by atoms with Gasteiger partial charge in [-0.05, 0) is 53.8 Å². The molecule has 0 atom stereocenters. The zero-order valence-corrected chi connectivity index (χ0v) is 15.4. The standard InChI is InChI=1S/C23H25NO2/c1-17-8-9-20(14-18(17)2)21-10-11-22(25-13-12-24)23(15-21)26-16-19-6-4-3-5-7-19/h3-11,14-15H,12-13,16,24H2,1-2H3. The first kappa shape index (κ1) is 18.0. The SMILES string of the molecule is Cc1ccc(-c2ccc(OCCN)c(OCc3ccccc3)c2)cc1C. The van der Waals surface area contributed by atoms with Gasteiger partial charge >= 0.3 is 0 Å². The van der Waals surface area contributed by atoms with Crippen LogP contribution in [0.5, 0.6) is 11.5 Å². The molecule has 0 aliphatic rings. The molecule has 0 bridgehead atoms. The van der Waals surface area contributed by atoms with Gasteiger partial charge in [-0.25, -0.2) is 0 Å². The molecule has 0 unspecified atom stereocenters. The maximum absolute atomic E-state index is 6.07. The maximum Gasteiger partial charge on any atom is 0.162 e. The zero-order chi connectivity index (χ0) is 18.4. The number of nitrogens with two attached hydrogens (primary N) is 1. The average molecular weight is 347 g/mol. The van der Waals surface area contributed by atoms with Crippen molar-refractivity contribution in [2.75, 3.05) is 13.2 Å². The molecule has 3 aromatic carbocycles. The molecule has 2 N–H and O–H groups in total. The summed E-state index contributed by atoms with van der Waals surface area (Å²) in [6, 6.07) is 22.7. The van der Waals surface area contributed by atoms with Gasteiger partial charge < -0.3 is 15.2 Å². The van der Waals surface area contributed by atoms with Crippen molar-refractivity contribution < 1.29 is 9.47 Å². The lowest BCUT2D eigenvalue weighted by molar-refractivity contribution is 0.266. The van der Waals surface area contributed by atoms with Crippen LogP contribution >= 0.6 is 0 Å². The first-order chi connectivity index (χ1) is 12.7. The number of ether oxygens (including phenoxy) is 2. The van der Waals surface area contributed by atoms with E-state index in [9.17, 15) is 0 Å². The van der Waals surface area contributed by atoms with Crippen LogP contribution in [0, 0.1) is 13.8 Å². The fourth-order valence-corrected chi connectivity index (χ4v) is 2.74. The van der Waals surface area contributed by atoms with Crippen molar-refractivity contribution in [1.82, 2.24) is 0 Å². The predicted octanol–water partition coefficient (Wildman–Crippen LogP) is 4.89. The quantitative estimate of drug-likeness (QED) is 0.662. The Kier molecular flexibility index (Phi) is 5.92. The third-order valence-electron chi connectivity index (χ3n) is 4.40. The molecule has 0 saturated heterocycles. The Hall–Kier alpha value is -2.78. The second kappa shape index (κ2) is 8.54. The van der Waals surface area contributed by atoms with Crippen LogP contribution in [-0.4, -0.2) is 13.2 Å². The third kappa shape index (κ3) is 4.44. The molecule has 0 saturated carbocycles. The zero-order valence-electron chi connectivity index (χ0n) is 15.4. The summed E-state index contributed by atoms with van der Waals surface area (Å²) in [7, 11) is 0. The van der Waals surface area contributed by atoms with E-state index in [1.54, 1.807) is 0 Å². The van der Waals surface area contributed by atoms with E-state index in [1.165, 1.54) is 16.7 Å². The smallest absolute Gasteiger partial charge is 0.162 e. The minimum atomic E-state index is 0.463. The Morgan fingerprint density at radius 1 is 0.731 bits per heavy atom. The minimum Gasteiger partial charge on any atom is -0.488 e. The molecule has 0 fully saturated rings. The van der Waals surface area contributed by atoms with Crippen LogP contribution in [-0.2, 0) is 6.61 Å². The van der Waals surface area contributed by atoms with Gasteiger partial charge in [-0.3, -0.25) is 0 Å². The van der Waals surface area contributed by atoms with E-state index >= 15 is 0 Å². The first-order valence-corrected chi connectivity index (χ1v) is 8.88. The van der Waals surface area contributed by atoms with Crippen LogP contribution < -0.4 is 15.2 Å². The summed E-state index contributed by atoms with van der Waals surface area (Å²) in [4.78, 5) is 0. The molecule has 0 aromatic heterocycles. The van der Waals surface area contributed by atoms with Gasteiger partial charge in [0.05, 0.1) is 0 Å². The second-order valence-corrected chi connectivity index (χ2v) is 6.37. The fraction of sp³-hybridized carbons (Fsp3) is 0.217. The van der Waals surface area contributed by atoms with Crippen LogP contribution in [0.4, 0.5) is 0 Å². The average Bonchev–Trinajstić information content (AvgIpc) is 2.68. The molecule has 3 aromatic rings. The minimum absolute atomic E-state index is 0.463. The number of hydrogen-bond acceptors (Lipinski definition) is 3. The highest BCUT2D eigenvalue weighted by molar-refractivity contribution is 5.68. The molecule has 0 spiro atoms. The van der Waals surface area contributed by atoms with E-state index in [4.69, 9.17) is 15.2 Å². The Balaban J connectivity index is 1.88. The fourth-order valence-electron chi connectivity index (χ4n) is 2.74. The van der Waals surface area contributed by atoms with Gasteiger partial charge in [-0.2, -0.15) is 0 Å². The van der Waals surface area contributed by atoms with Crippen LogP contribution in [0.15, 0.2) is 66.7 Å². The van der Waals surface area contributed by atoms with Gasteiger partial charge in [0.2, 0.25) is 0 Å². The van der Waals surface area contributed by atoms with E-state index in [-0.39, 0.29) is 0 Å². The number of benzene rings is 3. The molecule has 0 aliphatic heterocycles. The van der Waals surface area contributed by atoms with Gasteiger partial charge in [-0.15, -0.1) is 0 Å². The highest BCUT2D eigenvalue weighted by Crippen LogP contribution is 2.34. The predicted molar refractivity (Wildman–Crippen MR) is 107 cm³/mol. The van der Waals surface area contributed by atoms with E-state index in [2.05, 4.69) is 38.1 Å². The Bertz CT molecular complexity index is 859. The summed E-state index contributed by atoms with van der Waals surface area (Å²) in [5.74, 6) is 1.46.